The second-order valence-electron chi connectivity index (χ2n) is 4.60. The van der Waals surface area contributed by atoms with Crippen molar-refractivity contribution in [3.8, 4) is 6.07 Å². The maximum atomic E-state index is 12.6. The summed E-state index contributed by atoms with van der Waals surface area (Å²) in [5.41, 5.74) is 1.03. The number of carbonyl (C=O) groups excluding carboxylic acids is 1. The Morgan fingerprint density at radius 3 is 2.57 bits per heavy atom. The number of nitriles is 1. The Hall–Kier alpha value is -1.91. The summed E-state index contributed by atoms with van der Waals surface area (Å²) in [4.78, 5) is 11.6. The minimum atomic E-state index is -3.75. The number of nitrogens with one attached hydrogen (secondary N) is 1. The van der Waals surface area contributed by atoms with Crippen LogP contribution in [0.25, 0.3) is 0 Å². The molecule has 114 valence electrons. The molecule has 7 heteroatoms. The van der Waals surface area contributed by atoms with E-state index >= 15 is 0 Å². The highest BCUT2D eigenvalue weighted by Crippen LogP contribution is 2.19. The van der Waals surface area contributed by atoms with Crippen LogP contribution in [0, 0.1) is 18.3 Å². The highest BCUT2D eigenvalue weighted by molar-refractivity contribution is 7.89. The number of hydrogen-bond donors (Lipinski definition) is 1. The van der Waals surface area contributed by atoms with Gasteiger partial charge >= 0.3 is 0 Å². The van der Waals surface area contributed by atoms with Crippen LogP contribution in [0.2, 0.25) is 0 Å². The Kier molecular flexibility index (Phi) is 5.88. The first kappa shape index (κ1) is 17.1. The second-order valence-corrected chi connectivity index (χ2v) is 6.54. The van der Waals surface area contributed by atoms with Crippen molar-refractivity contribution in [2.75, 3.05) is 20.1 Å². The maximum Gasteiger partial charge on any atom is 0.243 e. The average molecular weight is 309 g/mol. The summed E-state index contributed by atoms with van der Waals surface area (Å²) >= 11 is 0. The molecule has 1 aromatic carbocycles. The molecule has 0 saturated carbocycles. The normalized spacial score (nSPS) is 11.2. The number of rotatable bonds is 6. The lowest BCUT2D eigenvalue weighted by atomic mass is 10.1. The summed E-state index contributed by atoms with van der Waals surface area (Å²) in [5.74, 6) is -0.364. The van der Waals surface area contributed by atoms with Crippen molar-refractivity contribution in [1.82, 2.24) is 9.62 Å². The van der Waals surface area contributed by atoms with Gasteiger partial charge in [-0.15, -0.1) is 0 Å². The van der Waals surface area contributed by atoms with Gasteiger partial charge in [-0.05, 0) is 37.1 Å². The third-order valence-electron chi connectivity index (χ3n) is 3.03. The lowest BCUT2D eigenvalue weighted by molar-refractivity contribution is -0.120. The van der Waals surface area contributed by atoms with E-state index in [-0.39, 0.29) is 23.9 Å². The van der Waals surface area contributed by atoms with Gasteiger partial charge < -0.3 is 5.32 Å². The number of nitrogens with zero attached hydrogens (tertiary/aromatic N) is 2. The van der Waals surface area contributed by atoms with Gasteiger partial charge in [0.2, 0.25) is 15.9 Å². The molecule has 6 nitrogen and oxygen atoms in total. The van der Waals surface area contributed by atoms with Gasteiger partial charge in [-0.2, -0.15) is 9.57 Å². The Morgan fingerprint density at radius 2 is 2.10 bits per heavy atom. The minimum Gasteiger partial charge on any atom is -0.358 e. The highest BCUT2D eigenvalue weighted by atomic mass is 32.2. The Bertz CT molecular complexity index is 663. The molecule has 0 aliphatic rings. The number of amides is 1. The van der Waals surface area contributed by atoms with E-state index < -0.39 is 10.0 Å². The number of benzene rings is 1. The summed E-state index contributed by atoms with van der Waals surface area (Å²) in [6, 6.07) is 6.33. The molecule has 1 N–H and O–H groups in total. The van der Waals surface area contributed by atoms with Crippen molar-refractivity contribution >= 4 is 15.9 Å². The van der Waals surface area contributed by atoms with Crippen LogP contribution >= 0.6 is 0 Å². The van der Waals surface area contributed by atoms with E-state index in [1.807, 2.05) is 13.0 Å². The van der Waals surface area contributed by atoms with Crippen LogP contribution < -0.4 is 5.32 Å². The van der Waals surface area contributed by atoms with Crippen LogP contribution in [-0.2, 0) is 14.8 Å². The molecule has 21 heavy (non-hydrogen) atoms. The maximum absolute atomic E-state index is 12.6. The molecule has 0 aromatic heterocycles. The SMILES string of the molecule is CCCN(CC(=O)NC)S(=O)(=O)c1ccc(C#N)c(C)c1. The molecule has 0 saturated heterocycles. The molecule has 1 rings (SSSR count). The molecule has 0 radical (unpaired) electrons. The summed E-state index contributed by atoms with van der Waals surface area (Å²) < 4.78 is 26.3. The van der Waals surface area contributed by atoms with E-state index in [0.29, 0.717) is 17.5 Å². The standard InChI is InChI=1S/C14H19N3O3S/c1-4-7-17(10-14(18)16-3)21(19,20)13-6-5-12(9-15)11(2)8-13/h5-6,8H,4,7,10H2,1-3H3,(H,16,18). The lowest BCUT2D eigenvalue weighted by Crippen LogP contribution is -2.40. The van der Waals surface area contributed by atoms with Gasteiger partial charge in [0.1, 0.15) is 0 Å². The van der Waals surface area contributed by atoms with Crippen molar-refractivity contribution in [3.63, 3.8) is 0 Å². The van der Waals surface area contributed by atoms with E-state index in [4.69, 9.17) is 5.26 Å². The van der Waals surface area contributed by atoms with Gasteiger partial charge in [0.15, 0.2) is 0 Å². The van der Waals surface area contributed by atoms with Crippen molar-refractivity contribution < 1.29 is 13.2 Å². The van der Waals surface area contributed by atoms with E-state index in [1.165, 1.54) is 25.2 Å². The summed E-state index contributed by atoms with van der Waals surface area (Å²) in [6.45, 7) is 3.57. The molecule has 1 aromatic rings. The summed E-state index contributed by atoms with van der Waals surface area (Å²) in [7, 11) is -2.29. The van der Waals surface area contributed by atoms with E-state index in [1.54, 1.807) is 6.92 Å². The Labute approximate surface area is 125 Å². The van der Waals surface area contributed by atoms with Crippen LogP contribution in [0.1, 0.15) is 24.5 Å². The molecule has 0 fully saturated rings. The summed E-state index contributed by atoms with van der Waals surface area (Å²) in [5, 5.41) is 11.3. The largest absolute Gasteiger partial charge is 0.358 e. The fourth-order valence-corrected chi connectivity index (χ4v) is 3.42. The first-order valence-electron chi connectivity index (χ1n) is 6.58. The number of hydrogen-bond acceptors (Lipinski definition) is 4. The highest BCUT2D eigenvalue weighted by Gasteiger charge is 2.26. The van der Waals surface area contributed by atoms with Gasteiger partial charge in [-0.25, -0.2) is 8.42 Å². The van der Waals surface area contributed by atoms with Gasteiger partial charge in [-0.3, -0.25) is 4.79 Å². The number of likely N-dealkylation sites (N-methyl/N-ethyl adjacent to an activating group) is 1. The fraction of sp³-hybridized carbons (Fsp3) is 0.429. The van der Waals surface area contributed by atoms with E-state index in [9.17, 15) is 13.2 Å². The van der Waals surface area contributed by atoms with Crippen LogP contribution in [0.3, 0.4) is 0 Å². The zero-order valence-corrected chi connectivity index (χ0v) is 13.2. The van der Waals surface area contributed by atoms with Gasteiger partial charge in [0, 0.05) is 13.6 Å². The number of sulfonamides is 1. The Balaban J connectivity index is 3.19. The molecule has 0 spiro atoms. The predicted octanol–water partition coefficient (Wildman–Crippen LogP) is 1.01. The predicted molar refractivity (Wildman–Crippen MR) is 79.0 cm³/mol. The molecule has 0 bridgehead atoms. The van der Waals surface area contributed by atoms with Crippen molar-refractivity contribution in [2.24, 2.45) is 0 Å². The fourth-order valence-electron chi connectivity index (χ4n) is 1.84. The van der Waals surface area contributed by atoms with E-state index in [0.717, 1.165) is 4.31 Å². The molecule has 0 unspecified atom stereocenters. The van der Waals surface area contributed by atoms with Crippen LogP contribution in [0.15, 0.2) is 23.1 Å². The van der Waals surface area contributed by atoms with Crippen molar-refractivity contribution in [2.45, 2.75) is 25.2 Å². The third kappa shape index (κ3) is 4.03. The lowest BCUT2D eigenvalue weighted by Gasteiger charge is -2.21. The van der Waals surface area contributed by atoms with Crippen LogP contribution in [-0.4, -0.2) is 38.8 Å². The van der Waals surface area contributed by atoms with Crippen LogP contribution in [0.5, 0.6) is 0 Å². The Morgan fingerprint density at radius 1 is 1.43 bits per heavy atom. The smallest absolute Gasteiger partial charge is 0.243 e. The number of carbonyl (C=O) groups is 1. The number of aryl methyl sites for hydroxylation is 1. The minimum absolute atomic E-state index is 0.0938. The molecular weight excluding hydrogens is 290 g/mol. The van der Waals surface area contributed by atoms with Gasteiger partial charge in [-0.1, -0.05) is 6.92 Å². The van der Waals surface area contributed by atoms with Crippen LogP contribution in [0.4, 0.5) is 0 Å². The van der Waals surface area contributed by atoms with E-state index in [2.05, 4.69) is 5.32 Å². The topological polar surface area (TPSA) is 90.3 Å². The quantitative estimate of drug-likeness (QED) is 0.849. The second kappa shape index (κ2) is 7.20. The molecule has 0 heterocycles. The van der Waals surface area contributed by atoms with Gasteiger partial charge in [0.05, 0.1) is 23.1 Å². The first-order chi connectivity index (χ1) is 9.86. The zero-order valence-electron chi connectivity index (χ0n) is 12.4. The summed E-state index contributed by atoms with van der Waals surface area (Å²) in [6.07, 6.45) is 0.603. The monoisotopic (exact) mass is 309 g/mol. The van der Waals surface area contributed by atoms with Gasteiger partial charge in [0.25, 0.3) is 0 Å². The molecule has 1 amide bonds. The third-order valence-corrected chi connectivity index (χ3v) is 4.87. The zero-order chi connectivity index (χ0) is 16.0. The molecular formula is C14H19N3O3S. The van der Waals surface area contributed by atoms with Crippen molar-refractivity contribution in [1.29, 1.82) is 5.26 Å². The molecule has 0 aliphatic heterocycles. The first-order valence-corrected chi connectivity index (χ1v) is 8.02. The van der Waals surface area contributed by atoms with Crippen molar-refractivity contribution in [3.05, 3.63) is 29.3 Å². The average Bonchev–Trinajstić information content (AvgIpc) is 2.46. The molecule has 0 atom stereocenters. The molecule has 0 aliphatic carbocycles.